The van der Waals surface area contributed by atoms with Crippen LogP contribution in [0.25, 0.3) is 0 Å². The van der Waals surface area contributed by atoms with Crippen molar-refractivity contribution in [2.24, 2.45) is 11.7 Å². The van der Waals surface area contributed by atoms with Crippen molar-refractivity contribution in [3.8, 4) is 0 Å². The van der Waals surface area contributed by atoms with E-state index in [2.05, 4.69) is 15.6 Å². The first-order chi connectivity index (χ1) is 18.5. The second-order valence-corrected chi connectivity index (χ2v) is 13.7. The number of nitrogens with two attached hydrogens (primary N) is 1. The number of amides is 1. The van der Waals surface area contributed by atoms with Gasteiger partial charge in [-0.2, -0.15) is 4.31 Å². The van der Waals surface area contributed by atoms with E-state index in [0.717, 1.165) is 24.6 Å². The predicted octanol–water partition coefficient (Wildman–Crippen LogP) is 4.06. The summed E-state index contributed by atoms with van der Waals surface area (Å²) in [6.45, 7) is 7.09. The van der Waals surface area contributed by atoms with Gasteiger partial charge < -0.3 is 16.4 Å². The summed E-state index contributed by atoms with van der Waals surface area (Å²) in [6.07, 6.45) is 5.44. The fourth-order valence-electron chi connectivity index (χ4n) is 5.63. The zero-order valence-electron chi connectivity index (χ0n) is 22.7. The molecule has 0 radical (unpaired) electrons. The van der Waals surface area contributed by atoms with Crippen LogP contribution in [-0.2, 0) is 21.2 Å². The van der Waals surface area contributed by atoms with Crippen molar-refractivity contribution in [2.75, 3.05) is 18.4 Å². The number of aromatic nitrogens is 1. The zero-order valence-corrected chi connectivity index (χ0v) is 24.3. The molecular weight excluding hydrogens is 541 g/mol. The predicted molar refractivity (Wildman–Crippen MR) is 153 cm³/mol. The molecular formula is C28H39ClFN5O3S. The van der Waals surface area contributed by atoms with Crippen molar-refractivity contribution >= 4 is 33.2 Å². The fourth-order valence-corrected chi connectivity index (χ4v) is 8.01. The Kier molecular flexibility index (Phi) is 9.65. The second kappa shape index (κ2) is 12.6. The van der Waals surface area contributed by atoms with Gasteiger partial charge in [0.05, 0.1) is 29.4 Å². The van der Waals surface area contributed by atoms with Gasteiger partial charge >= 0.3 is 0 Å². The smallest absolute Gasteiger partial charge is 0.241 e. The Morgan fingerprint density at radius 1 is 1.23 bits per heavy atom. The summed E-state index contributed by atoms with van der Waals surface area (Å²) in [7, 11) is -3.33. The Hall–Kier alpha value is -2.11. The topological polar surface area (TPSA) is 117 Å². The Balaban J connectivity index is 1.44. The highest BCUT2D eigenvalue weighted by molar-refractivity contribution is 7.90. The molecule has 214 valence electrons. The largest absolute Gasteiger partial charge is 0.323 e. The highest BCUT2D eigenvalue weighted by atomic mass is 35.5. The van der Waals surface area contributed by atoms with E-state index in [1.807, 2.05) is 32.9 Å². The summed E-state index contributed by atoms with van der Waals surface area (Å²) >= 11 is 6.03. The highest BCUT2D eigenvalue weighted by Crippen LogP contribution is 2.35. The number of rotatable bonds is 11. The summed E-state index contributed by atoms with van der Waals surface area (Å²) in [6, 6.07) is 6.07. The van der Waals surface area contributed by atoms with E-state index in [0.29, 0.717) is 42.9 Å². The van der Waals surface area contributed by atoms with E-state index in [4.69, 9.17) is 17.3 Å². The number of nitrogens with zero attached hydrogens (tertiary/aromatic N) is 2. The molecule has 4 N–H and O–H groups in total. The SMILES string of the molecule is CC(C)[C@H](c1ccc(Cl)cc1)[C@H](N)C(=O)Nc1cncc(F)c1CCC[C@H]1CNC[C@H](C)N1S(=O)(=O)C1CC1. The fraction of sp³-hybridized carbons (Fsp3) is 0.571. The zero-order chi connectivity index (χ0) is 28.3. The molecule has 1 saturated carbocycles. The third-order valence-electron chi connectivity index (χ3n) is 7.74. The van der Waals surface area contributed by atoms with Crippen LogP contribution in [0.2, 0.25) is 5.02 Å². The quantitative estimate of drug-likeness (QED) is 0.370. The van der Waals surface area contributed by atoms with Gasteiger partial charge in [-0.05, 0) is 62.6 Å². The van der Waals surface area contributed by atoms with Crippen LogP contribution in [-0.4, -0.2) is 60.1 Å². The van der Waals surface area contributed by atoms with Gasteiger partial charge in [-0.15, -0.1) is 0 Å². The molecule has 1 amide bonds. The van der Waals surface area contributed by atoms with Crippen molar-refractivity contribution in [2.45, 2.75) is 82.2 Å². The van der Waals surface area contributed by atoms with Gasteiger partial charge in [0.15, 0.2) is 0 Å². The van der Waals surface area contributed by atoms with Crippen molar-refractivity contribution in [3.05, 3.63) is 58.6 Å². The van der Waals surface area contributed by atoms with E-state index in [9.17, 15) is 17.6 Å². The van der Waals surface area contributed by atoms with Crippen LogP contribution in [0.3, 0.4) is 0 Å². The summed E-state index contributed by atoms with van der Waals surface area (Å²) < 4.78 is 42.8. The van der Waals surface area contributed by atoms with Crippen LogP contribution in [0.5, 0.6) is 0 Å². The molecule has 4 atom stereocenters. The lowest BCUT2D eigenvalue weighted by Crippen LogP contribution is -2.58. The molecule has 39 heavy (non-hydrogen) atoms. The van der Waals surface area contributed by atoms with Crippen LogP contribution >= 0.6 is 11.6 Å². The van der Waals surface area contributed by atoms with Gasteiger partial charge in [-0.25, -0.2) is 12.8 Å². The highest BCUT2D eigenvalue weighted by Gasteiger charge is 2.45. The van der Waals surface area contributed by atoms with Crippen LogP contribution in [0, 0.1) is 11.7 Å². The van der Waals surface area contributed by atoms with Crippen molar-refractivity contribution in [1.29, 1.82) is 0 Å². The minimum Gasteiger partial charge on any atom is -0.323 e. The average Bonchev–Trinajstić information content (AvgIpc) is 3.73. The average molecular weight is 580 g/mol. The molecule has 2 fully saturated rings. The third kappa shape index (κ3) is 6.97. The van der Waals surface area contributed by atoms with Gasteiger partial charge in [-0.1, -0.05) is 37.6 Å². The summed E-state index contributed by atoms with van der Waals surface area (Å²) in [4.78, 5) is 17.2. The van der Waals surface area contributed by atoms with E-state index in [1.54, 1.807) is 16.4 Å². The van der Waals surface area contributed by atoms with Crippen molar-refractivity contribution < 1.29 is 17.6 Å². The minimum atomic E-state index is -3.33. The number of pyridine rings is 1. The van der Waals surface area contributed by atoms with Gasteiger partial charge in [0.2, 0.25) is 15.9 Å². The number of hydrogen-bond donors (Lipinski definition) is 3. The van der Waals surface area contributed by atoms with Crippen LogP contribution in [0.15, 0.2) is 36.7 Å². The number of piperazine rings is 1. The van der Waals surface area contributed by atoms with E-state index >= 15 is 0 Å². The Morgan fingerprint density at radius 2 is 1.92 bits per heavy atom. The number of halogens is 2. The number of hydrogen-bond acceptors (Lipinski definition) is 6. The molecule has 2 aromatic rings. The maximum atomic E-state index is 14.9. The number of sulfonamides is 1. The van der Waals surface area contributed by atoms with Gasteiger partial charge in [0, 0.05) is 41.7 Å². The lowest BCUT2D eigenvalue weighted by Gasteiger charge is -2.40. The standard InChI is InChI=1S/C28H39ClFN5O3S/c1-17(2)26(19-7-9-20(29)10-8-19)27(31)28(36)34-25-16-33-15-24(30)23(25)6-4-5-21-14-32-13-18(3)35(21)39(37,38)22-11-12-22/h7-10,15-18,21-22,26-27,32H,4-6,11-14,31H2,1-3H3,(H,34,36)/t18-,21-,26+,27-/m0/s1. The van der Waals surface area contributed by atoms with E-state index < -0.39 is 27.8 Å². The molecule has 2 aliphatic rings. The maximum Gasteiger partial charge on any atom is 0.241 e. The molecule has 0 bridgehead atoms. The van der Waals surface area contributed by atoms with Crippen LogP contribution in [0.4, 0.5) is 10.1 Å². The molecule has 1 aliphatic carbocycles. The Labute approximate surface area is 235 Å². The molecule has 1 aliphatic heterocycles. The number of carbonyl (C=O) groups is 1. The monoisotopic (exact) mass is 579 g/mol. The number of nitrogens with one attached hydrogen (secondary N) is 2. The number of benzene rings is 1. The first-order valence-electron chi connectivity index (χ1n) is 13.7. The molecule has 0 spiro atoms. The minimum absolute atomic E-state index is 0.0680. The molecule has 1 aromatic carbocycles. The van der Waals surface area contributed by atoms with Crippen LogP contribution in [0.1, 0.15) is 63.5 Å². The van der Waals surface area contributed by atoms with Gasteiger partial charge in [-0.3, -0.25) is 9.78 Å². The number of anilines is 1. The second-order valence-electron chi connectivity index (χ2n) is 11.1. The molecule has 11 heteroatoms. The normalized spacial score (nSPS) is 22.0. The molecule has 1 saturated heterocycles. The first kappa shape index (κ1) is 29.9. The van der Waals surface area contributed by atoms with E-state index in [1.165, 1.54) is 6.20 Å². The summed E-state index contributed by atoms with van der Waals surface area (Å²) in [5.41, 5.74) is 7.96. The number of carbonyl (C=O) groups excluding carboxylic acids is 1. The Bertz CT molecular complexity index is 1260. The molecule has 4 rings (SSSR count). The first-order valence-corrected chi connectivity index (χ1v) is 15.6. The van der Waals surface area contributed by atoms with E-state index in [-0.39, 0.29) is 34.9 Å². The molecule has 2 heterocycles. The lowest BCUT2D eigenvalue weighted by molar-refractivity contribution is -0.118. The molecule has 1 aromatic heterocycles. The lowest BCUT2D eigenvalue weighted by atomic mass is 9.82. The Morgan fingerprint density at radius 3 is 2.56 bits per heavy atom. The third-order valence-corrected chi connectivity index (χ3v) is 10.6. The van der Waals surface area contributed by atoms with Gasteiger partial charge in [0.25, 0.3) is 0 Å². The summed E-state index contributed by atoms with van der Waals surface area (Å²) in [5, 5.41) is 6.46. The molecule has 8 nitrogen and oxygen atoms in total. The summed E-state index contributed by atoms with van der Waals surface area (Å²) in [5.74, 6) is -1.15. The molecule has 0 unspecified atom stereocenters. The van der Waals surface area contributed by atoms with Crippen LogP contribution < -0.4 is 16.4 Å². The van der Waals surface area contributed by atoms with Crippen molar-refractivity contribution in [1.82, 2.24) is 14.6 Å². The van der Waals surface area contributed by atoms with Crippen molar-refractivity contribution in [3.63, 3.8) is 0 Å². The maximum absolute atomic E-state index is 14.9. The van der Waals surface area contributed by atoms with Gasteiger partial charge in [0.1, 0.15) is 5.82 Å².